The monoisotopic (exact) mass is 308 g/mol. The summed E-state index contributed by atoms with van der Waals surface area (Å²) in [6.07, 6.45) is -1.10. The van der Waals surface area contributed by atoms with Crippen LogP contribution in [0.2, 0.25) is 0 Å². The Hall–Kier alpha value is -0.780. The van der Waals surface area contributed by atoms with Crippen molar-refractivity contribution in [3.63, 3.8) is 0 Å². The minimum absolute atomic E-state index is 0.0287. The minimum atomic E-state index is -4.33. The molecule has 0 aromatic carbocycles. The van der Waals surface area contributed by atoms with Crippen LogP contribution in [0, 0.1) is 11.8 Å². The minimum Gasteiger partial charge on any atom is -0.332 e. The van der Waals surface area contributed by atoms with Gasteiger partial charge in [0.05, 0.1) is 6.54 Å². The maximum absolute atomic E-state index is 12.6. The molecule has 21 heavy (non-hydrogen) atoms. The first-order valence-corrected chi connectivity index (χ1v) is 7.78. The number of likely N-dealkylation sites (tertiary alicyclic amines) is 1. The van der Waals surface area contributed by atoms with E-state index in [4.69, 9.17) is 0 Å². The third-order valence-corrected chi connectivity index (χ3v) is 3.85. The highest BCUT2D eigenvalue weighted by molar-refractivity contribution is 5.78. The van der Waals surface area contributed by atoms with E-state index in [2.05, 4.69) is 6.92 Å². The van der Waals surface area contributed by atoms with Crippen LogP contribution in [0.4, 0.5) is 13.2 Å². The van der Waals surface area contributed by atoms with Gasteiger partial charge in [-0.05, 0) is 31.2 Å². The molecule has 1 aliphatic heterocycles. The Morgan fingerprint density at radius 2 is 2.05 bits per heavy atom. The molecule has 124 valence electrons. The molecule has 0 aromatic rings. The van der Waals surface area contributed by atoms with E-state index in [-0.39, 0.29) is 19.0 Å². The van der Waals surface area contributed by atoms with Crippen molar-refractivity contribution in [3.8, 4) is 0 Å². The third kappa shape index (κ3) is 7.16. The van der Waals surface area contributed by atoms with Crippen LogP contribution < -0.4 is 0 Å². The number of hydrogen-bond donors (Lipinski definition) is 0. The Bertz CT molecular complexity index is 331. The standard InChI is InChI=1S/C15H27F3N2O/c1-4-13-6-5-7-19(9-13)10-14(21)20(8-12(2)3)11-15(16,17)18/h12-13H,4-11H2,1-3H3. The molecule has 1 rings (SSSR count). The second-order valence-electron chi connectivity index (χ2n) is 6.43. The first-order chi connectivity index (χ1) is 9.71. The number of carbonyl (C=O) groups is 1. The fourth-order valence-electron chi connectivity index (χ4n) is 2.83. The molecule has 1 saturated heterocycles. The number of piperidine rings is 1. The van der Waals surface area contributed by atoms with Crippen LogP contribution in [-0.2, 0) is 4.79 Å². The van der Waals surface area contributed by atoms with E-state index in [9.17, 15) is 18.0 Å². The fourth-order valence-corrected chi connectivity index (χ4v) is 2.83. The summed E-state index contributed by atoms with van der Waals surface area (Å²) in [5.41, 5.74) is 0. The summed E-state index contributed by atoms with van der Waals surface area (Å²) >= 11 is 0. The number of nitrogens with zero attached hydrogens (tertiary/aromatic N) is 2. The van der Waals surface area contributed by atoms with Gasteiger partial charge in [-0.15, -0.1) is 0 Å². The average Bonchev–Trinajstić information content (AvgIpc) is 2.36. The average molecular weight is 308 g/mol. The van der Waals surface area contributed by atoms with Crippen molar-refractivity contribution in [1.82, 2.24) is 9.80 Å². The Balaban J connectivity index is 2.58. The largest absolute Gasteiger partial charge is 0.406 e. The Kier molecular flexibility index (Phi) is 6.97. The zero-order valence-electron chi connectivity index (χ0n) is 13.2. The fraction of sp³-hybridized carbons (Fsp3) is 0.933. The summed E-state index contributed by atoms with van der Waals surface area (Å²) in [6, 6.07) is 0. The summed E-state index contributed by atoms with van der Waals surface area (Å²) in [6.45, 7) is 6.52. The second-order valence-corrected chi connectivity index (χ2v) is 6.43. The summed E-state index contributed by atoms with van der Waals surface area (Å²) in [4.78, 5) is 15.2. The van der Waals surface area contributed by atoms with Gasteiger partial charge in [-0.2, -0.15) is 13.2 Å². The van der Waals surface area contributed by atoms with E-state index in [1.165, 1.54) is 0 Å². The molecule has 0 N–H and O–H groups in total. The zero-order valence-corrected chi connectivity index (χ0v) is 13.2. The Labute approximate surface area is 125 Å². The number of hydrogen-bond acceptors (Lipinski definition) is 2. The molecule has 0 aromatic heterocycles. The second kappa shape index (κ2) is 8.01. The molecule has 0 bridgehead atoms. The molecule has 0 spiro atoms. The SMILES string of the molecule is CCC1CCCN(CC(=O)N(CC(C)C)CC(F)(F)F)C1. The molecule has 1 amide bonds. The third-order valence-electron chi connectivity index (χ3n) is 3.85. The number of amides is 1. The van der Waals surface area contributed by atoms with Crippen LogP contribution >= 0.6 is 0 Å². The molecule has 1 heterocycles. The van der Waals surface area contributed by atoms with Gasteiger partial charge in [0.2, 0.25) is 5.91 Å². The highest BCUT2D eigenvalue weighted by atomic mass is 19.4. The van der Waals surface area contributed by atoms with Crippen molar-refractivity contribution in [2.45, 2.75) is 46.2 Å². The van der Waals surface area contributed by atoms with Crippen LogP contribution in [0.15, 0.2) is 0 Å². The normalized spacial score (nSPS) is 20.8. The van der Waals surface area contributed by atoms with Gasteiger partial charge in [0, 0.05) is 13.1 Å². The van der Waals surface area contributed by atoms with E-state index in [0.717, 1.165) is 37.3 Å². The molecular formula is C15H27F3N2O. The number of carbonyl (C=O) groups excluding carboxylic acids is 1. The Morgan fingerprint density at radius 1 is 1.38 bits per heavy atom. The van der Waals surface area contributed by atoms with Gasteiger partial charge >= 0.3 is 6.18 Å². The van der Waals surface area contributed by atoms with Gasteiger partial charge in [-0.3, -0.25) is 9.69 Å². The molecule has 0 aliphatic carbocycles. The number of halogens is 3. The van der Waals surface area contributed by atoms with Crippen molar-refractivity contribution in [2.75, 3.05) is 32.7 Å². The van der Waals surface area contributed by atoms with Gasteiger partial charge in [0.15, 0.2) is 0 Å². The highest BCUT2D eigenvalue weighted by Crippen LogP contribution is 2.20. The zero-order chi connectivity index (χ0) is 16.0. The van der Waals surface area contributed by atoms with E-state index in [1.807, 2.05) is 18.7 Å². The van der Waals surface area contributed by atoms with Crippen LogP contribution in [0.25, 0.3) is 0 Å². The van der Waals surface area contributed by atoms with Gasteiger partial charge in [0.25, 0.3) is 0 Å². The van der Waals surface area contributed by atoms with Crippen molar-refractivity contribution in [1.29, 1.82) is 0 Å². The summed E-state index contributed by atoms with van der Waals surface area (Å²) in [7, 11) is 0. The lowest BCUT2D eigenvalue weighted by atomic mass is 9.96. The van der Waals surface area contributed by atoms with Crippen molar-refractivity contribution < 1.29 is 18.0 Å². The molecule has 6 heteroatoms. The first-order valence-electron chi connectivity index (χ1n) is 7.78. The summed E-state index contributed by atoms with van der Waals surface area (Å²) < 4.78 is 37.8. The smallest absolute Gasteiger partial charge is 0.332 e. The van der Waals surface area contributed by atoms with E-state index < -0.39 is 18.6 Å². The quantitative estimate of drug-likeness (QED) is 0.752. The summed E-state index contributed by atoms with van der Waals surface area (Å²) in [5, 5.41) is 0. The lowest BCUT2D eigenvalue weighted by molar-refractivity contribution is -0.163. The van der Waals surface area contributed by atoms with Crippen LogP contribution in [-0.4, -0.2) is 54.6 Å². The Morgan fingerprint density at radius 3 is 2.57 bits per heavy atom. The van der Waals surface area contributed by atoms with Gasteiger partial charge in [-0.1, -0.05) is 27.2 Å². The molecule has 1 unspecified atom stereocenters. The molecule has 1 aliphatic rings. The van der Waals surface area contributed by atoms with E-state index in [0.29, 0.717) is 5.92 Å². The maximum Gasteiger partial charge on any atom is 0.406 e. The van der Waals surface area contributed by atoms with Crippen LogP contribution in [0.3, 0.4) is 0 Å². The first kappa shape index (κ1) is 18.3. The van der Waals surface area contributed by atoms with Crippen LogP contribution in [0.5, 0.6) is 0 Å². The molecular weight excluding hydrogens is 281 g/mol. The highest BCUT2D eigenvalue weighted by Gasteiger charge is 2.34. The number of alkyl halides is 3. The van der Waals surface area contributed by atoms with Crippen molar-refractivity contribution in [3.05, 3.63) is 0 Å². The van der Waals surface area contributed by atoms with E-state index >= 15 is 0 Å². The molecule has 0 saturated carbocycles. The predicted molar refractivity (Wildman–Crippen MR) is 76.9 cm³/mol. The van der Waals surface area contributed by atoms with Gasteiger partial charge in [0.1, 0.15) is 6.54 Å². The van der Waals surface area contributed by atoms with E-state index in [1.54, 1.807) is 0 Å². The molecule has 1 atom stereocenters. The molecule has 0 radical (unpaired) electrons. The van der Waals surface area contributed by atoms with Crippen molar-refractivity contribution in [2.24, 2.45) is 11.8 Å². The van der Waals surface area contributed by atoms with Gasteiger partial charge < -0.3 is 4.90 Å². The van der Waals surface area contributed by atoms with Gasteiger partial charge in [-0.25, -0.2) is 0 Å². The lowest BCUT2D eigenvalue weighted by Crippen LogP contribution is -2.47. The predicted octanol–water partition coefficient (Wildman–Crippen LogP) is 3.16. The summed E-state index contributed by atoms with van der Waals surface area (Å²) in [5.74, 6) is 0.187. The topological polar surface area (TPSA) is 23.6 Å². The maximum atomic E-state index is 12.6. The lowest BCUT2D eigenvalue weighted by Gasteiger charge is -2.34. The van der Waals surface area contributed by atoms with Crippen molar-refractivity contribution >= 4 is 5.91 Å². The van der Waals surface area contributed by atoms with Crippen LogP contribution in [0.1, 0.15) is 40.0 Å². The molecule has 1 fully saturated rings. The number of rotatable bonds is 6. The molecule has 3 nitrogen and oxygen atoms in total.